The van der Waals surface area contributed by atoms with Gasteiger partial charge in [-0.25, -0.2) is 13.1 Å². The molecule has 2 aromatic carbocycles. The molecule has 6 nitrogen and oxygen atoms in total. The molecule has 0 radical (unpaired) electrons. The zero-order valence-corrected chi connectivity index (χ0v) is 19.3. The van der Waals surface area contributed by atoms with Crippen LogP contribution >= 0.6 is 23.2 Å². The fourth-order valence-corrected chi connectivity index (χ4v) is 4.96. The van der Waals surface area contributed by atoms with Crippen molar-refractivity contribution in [2.24, 2.45) is 0 Å². The molecule has 1 aliphatic heterocycles. The number of nitrogens with zero attached hydrogens (tertiary/aromatic N) is 2. The summed E-state index contributed by atoms with van der Waals surface area (Å²) in [5.41, 5.74) is 1.14. The molecule has 1 N–H and O–H groups in total. The minimum Gasteiger partial charge on any atom is -0.495 e. The number of piperazine rings is 1. The van der Waals surface area contributed by atoms with E-state index in [0.29, 0.717) is 11.6 Å². The topological polar surface area (TPSA) is 61.9 Å². The van der Waals surface area contributed by atoms with Gasteiger partial charge in [-0.3, -0.25) is 4.90 Å². The largest absolute Gasteiger partial charge is 0.495 e. The summed E-state index contributed by atoms with van der Waals surface area (Å²) >= 11 is 11.8. The fourth-order valence-electron chi connectivity index (χ4n) is 3.50. The molecular formula is C21H27Cl2N3O3S. The summed E-state index contributed by atoms with van der Waals surface area (Å²) < 4.78 is 32.8. The van der Waals surface area contributed by atoms with Crippen LogP contribution in [0.1, 0.15) is 12.8 Å². The number of halogens is 2. The second-order valence-corrected chi connectivity index (χ2v) is 9.76. The fraction of sp³-hybridized carbons (Fsp3) is 0.429. The lowest BCUT2D eigenvalue weighted by Crippen LogP contribution is -2.46. The van der Waals surface area contributed by atoms with E-state index < -0.39 is 10.0 Å². The minimum atomic E-state index is -3.57. The van der Waals surface area contributed by atoms with Crippen LogP contribution in [0.5, 0.6) is 5.75 Å². The van der Waals surface area contributed by atoms with Crippen molar-refractivity contribution in [3.8, 4) is 5.75 Å². The van der Waals surface area contributed by atoms with Crippen LogP contribution in [0.15, 0.2) is 47.4 Å². The molecule has 0 atom stereocenters. The number of hydrogen-bond donors (Lipinski definition) is 1. The van der Waals surface area contributed by atoms with Crippen LogP contribution < -0.4 is 14.4 Å². The molecule has 164 valence electrons. The van der Waals surface area contributed by atoms with Crippen molar-refractivity contribution < 1.29 is 13.2 Å². The third-order valence-electron chi connectivity index (χ3n) is 5.19. The first-order valence-electron chi connectivity index (χ1n) is 9.96. The lowest BCUT2D eigenvalue weighted by molar-refractivity contribution is 0.252. The predicted molar refractivity (Wildman–Crippen MR) is 123 cm³/mol. The Hall–Kier alpha value is -1.51. The van der Waals surface area contributed by atoms with Crippen molar-refractivity contribution in [3.63, 3.8) is 0 Å². The van der Waals surface area contributed by atoms with E-state index in [1.165, 1.54) is 18.2 Å². The zero-order valence-electron chi connectivity index (χ0n) is 17.0. The van der Waals surface area contributed by atoms with E-state index in [4.69, 9.17) is 27.9 Å². The van der Waals surface area contributed by atoms with Gasteiger partial charge >= 0.3 is 0 Å². The van der Waals surface area contributed by atoms with Gasteiger partial charge in [0.05, 0.1) is 27.7 Å². The second kappa shape index (κ2) is 10.7. The lowest BCUT2D eigenvalue weighted by atomic mass is 10.2. The molecule has 1 heterocycles. The molecule has 0 bridgehead atoms. The Morgan fingerprint density at radius 2 is 1.73 bits per heavy atom. The molecule has 0 amide bonds. The Morgan fingerprint density at radius 1 is 1.00 bits per heavy atom. The lowest BCUT2D eigenvalue weighted by Gasteiger charge is -2.36. The van der Waals surface area contributed by atoms with Gasteiger partial charge in [-0.15, -0.1) is 0 Å². The zero-order chi connectivity index (χ0) is 21.6. The molecule has 0 aromatic heterocycles. The average Bonchev–Trinajstić information content (AvgIpc) is 2.75. The predicted octanol–water partition coefficient (Wildman–Crippen LogP) is 3.88. The second-order valence-electron chi connectivity index (χ2n) is 7.18. The maximum Gasteiger partial charge on any atom is 0.240 e. The molecule has 0 saturated carbocycles. The Labute approximate surface area is 188 Å². The molecule has 1 fully saturated rings. The van der Waals surface area contributed by atoms with Crippen LogP contribution in [0.4, 0.5) is 5.69 Å². The number of rotatable bonds is 9. The van der Waals surface area contributed by atoms with Gasteiger partial charge < -0.3 is 9.64 Å². The number of methoxy groups -OCH3 is 1. The summed E-state index contributed by atoms with van der Waals surface area (Å²) in [6.45, 7) is 5.20. The van der Waals surface area contributed by atoms with Crippen LogP contribution in [0.2, 0.25) is 10.0 Å². The van der Waals surface area contributed by atoms with Crippen molar-refractivity contribution in [3.05, 3.63) is 52.5 Å². The van der Waals surface area contributed by atoms with Crippen LogP contribution in [0, 0.1) is 0 Å². The van der Waals surface area contributed by atoms with Crippen molar-refractivity contribution in [2.45, 2.75) is 17.7 Å². The van der Waals surface area contributed by atoms with Crippen LogP contribution in [-0.4, -0.2) is 59.7 Å². The summed E-state index contributed by atoms with van der Waals surface area (Å²) in [6, 6.07) is 12.4. The van der Waals surface area contributed by atoms with Gasteiger partial charge in [-0.05, 0) is 49.7 Å². The Bertz CT molecular complexity index is 948. The minimum absolute atomic E-state index is 0.129. The standard InChI is InChI=1S/C21H27Cl2N3O3S/c1-29-21-7-3-2-6-20(21)26-14-12-25(13-15-26)11-5-4-10-24-30(27,28)17-8-9-18(22)19(23)16-17/h2-3,6-9,16,24H,4-5,10-15H2,1H3. The van der Waals surface area contributed by atoms with Crippen molar-refractivity contribution in [1.82, 2.24) is 9.62 Å². The summed E-state index contributed by atoms with van der Waals surface area (Å²) in [5, 5.41) is 0.563. The van der Waals surface area contributed by atoms with Crippen molar-refractivity contribution >= 4 is 38.9 Å². The number of benzene rings is 2. The number of hydrogen-bond acceptors (Lipinski definition) is 5. The highest BCUT2D eigenvalue weighted by Gasteiger charge is 2.19. The van der Waals surface area contributed by atoms with E-state index in [2.05, 4.69) is 20.6 Å². The molecule has 0 spiro atoms. The van der Waals surface area contributed by atoms with E-state index in [9.17, 15) is 8.42 Å². The van der Waals surface area contributed by atoms with Gasteiger partial charge in [0.2, 0.25) is 10.0 Å². The van der Waals surface area contributed by atoms with Gasteiger partial charge in [0.25, 0.3) is 0 Å². The molecule has 2 aromatic rings. The maximum atomic E-state index is 12.3. The molecule has 1 saturated heterocycles. The molecule has 3 rings (SSSR count). The van der Waals surface area contributed by atoms with Gasteiger partial charge in [0.1, 0.15) is 5.75 Å². The molecule has 1 aliphatic rings. The third-order valence-corrected chi connectivity index (χ3v) is 7.39. The van der Waals surface area contributed by atoms with E-state index in [1.54, 1.807) is 7.11 Å². The highest BCUT2D eigenvalue weighted by atomic mass is 35.5. The Balaban J connectivity index is 1.38. The first-order chi connectivity index (χ1) is 14.4. The smallest absolute Gasteiger partial charge is 0.240 e. The SMILES string of the molecule is COc1ccccc1N1CCN(CCCCNS(=O)(=O)c2ccc(Cl)c(Cl)c2)CC1. The number of ether oxygens (including phenoxy) is 1. The first-order valence-corrected chi connectivity index (χ1v) is 12.2. The summed E-state index contributed by atoms with van der Waals surface area (Å²) in [6.07, 6.45) is 1.70. The maximum absolute atomic E-state index is 12.3. The van der Waals surface area contributed by atoms with Gasteiger partial charge in [-0.1, -0.05) is 35.3 Å². The van der Waals surface area contributed by atoms with E-state index in [1.807, 2.05) is 18.2 Å². The van der Waals surface area contributed by atoms with Crippen LogP contribution in [-0.2, 0) is 10.0 Å². The third kappa shape index (κ3) is 6.02. The number of sulfonamides is 1. The van der Waals surface area contributed by atoms with Gasteiger partial charge in [0.15, 0.2) is 0 Å². The molecular weight excluding hydrogens is 445 g/mol. The van der Waals surface area contributed by atoms with E-state index in [-0.39, 0.29) is 9.92 Å². The van der Waals surface area contributed by atoms with Crippen LogP contribution in [0.3, 0.4) is 0 Å². The first kappa shape index (κ1) is 23.2. The highest BCUT2D eigenvalue weighted by Crippen LogP contribution is 2.28. The van der Waals surface area contributed by atoms with Crippen molar-refractivity contribution in [2.75, 3.05) is 51.3 Å². The monoisotopic (exact) mass is 471 g/mol. The van der Waals surface area contributed by atoms with Crippen molar-refractivity contribution in [1.29, 1.82) is 0 Å². The molecule has 30 heavy (non-hydrogen) atoms. The number of para-hydroxylation sites is 2. The molecule has 9 heteroatoms. The molecule has 0 aliphatic carbocycles. The Morgan fingerprint density at radius 3 is 2.43 bits per heavy atom. The van der Waals surface area contributed by atoms with Gasteiger partial charge in [-0.2, -0.15) is 0 Å². The average molecular weight is 472 g/mol. The summed E-state index contributed by atoms with van der Waals surface area (Å²) in [5.74, 6) is 0.903. The Kier molecular flexibility index (Phi) is 8.25. The van der Waals surface area contributed by atoms with E-state index in [0.717, 1.165) is 57.0 Å². The molecule has 0 unspecified atom stereocenters. The van der Waals surface area contributed by atoms with E-state index >= 15 is 0 Å². The quantitative estimate of drug-likeness (QED) is 0.562. The summed E-state index contributed by atoms with van der Waals surface area (Å²) in [4.78, 5) is 4.89. The highest BCUT2D eigenvalue weighted by molar-refractivity contribution is 7.89. The normalized spacial score (nSPS) is 15.4. The number of unbranched alkanes of at least 4 members (excludes halogenated alkanes) is 1. The van der Waals surface area contributed by atoms with Crippen LogP contribution in [0.25, 0.3) is 0 Å². The van der Waals surface area contributed by atoms with Gasteiger partial charge in [0, 0.05) is 32.7 Å². The number of nitrogens with one attached hydrogen (secondary N) is 1. The summed E-state index contributed by atoms with van der Waals surface area (Å²) in [7, 11) is -1.88. The number of anilines is 1.